The summed E-state index contributed by atoms with van der Waals surface area (Å²) in [6.45, 7) is 2.82. The predicted molar refractivity (Wildman–Crippen MR) is 76.5 cm³/mol. The third-order valence-corrected chi connectivity index (χ3v) is 3.03. The van der Waals surface area contributed by atoms with Crippen LogP contribution in [0.1, 0.15) is 28.4 Å². The molecule has 2 aromatic rings. The Balaban J connectivity index is 1.99. The summed E-state index contributed by atoms with van der Waals surface area (Å²) in [5.74, 6) is -0.893. The van der Waals surface area contributed by atoms with E-state index in [0.717, 1.165) is 17.7 Å². The number of aromatic carboxylic acids is 1. The molecule has 0 aliphatic carbocycles. The van der Waals surface area contributed by atoms with Crippen LogP contribution in [0.2, 0.25) is 0 Å². The normalized spacial score (nSPS) is 10.2. The van der Waals surface area contributed by atoms with Crippen molar-refractivity contribution in [3.63, 3.8) is 0 Å². The minimum atomic E-state index is -0.893. The molecule has 0 amide bonds. The molecule has 2 rings (SSSR count). The smallest absolute Gasteiger partial charge is 0.335 e. The van der Waals surface area contributed by atoms with Gasteiger partial charge in [-0.15, -0.1) is 0 Å². The predicted octanol–water partition coefficient (Wildman–Crippen LogP) is 3.56. The molecular weight excluding hydrogens is 238 g/mol. The number of anilines is 1. The first kappa shape index (κ1) is 13.1. The Bertz CT molecular complexity index is 561. The maximum atomic E-state index is 10.7. The molecule has 3 nitrogen and oxygen atoms in total. The first-order chi connectivity index (χ1) is 9.19. The van der Waals surface area contributed by atoms with Gasteiger partial charge >= 0.3 is 5.97 Å². The summed E-state index contributed by atoms with van der Waals surface area (Å²) in [5, 5.41) is 12.2. The van der Waals surface area contributed by atoms with E-state index in [1.807, 2.05) is 24.3 Å². The zero-order valence-corrected chi connectivity index (χ0v) is 10.9. The minimum Gasteiger partial charge on any atom is -0.478 e. The maximum Gasteiger partial charge on any atom is 0.335 e. The average Bonchev–Trinajstić information content (AvgIpc) is 2.46. The van der Waals surface area contributed by atoms with Crippen LogP contribution in [0.5, 0.6) is 0 Å². The van der Waals surface area contributed by atoms with E-state index in [2.05, 4.69) is 24.4 Å². The third kappa shape index (κ3) is 3.58. The summed E-state index contributed by atoms with van der Waals surface area (Å²) in [6.07, 6.45) is 1.02. The highest BCUT2D eigenvalue weighted by Gasteiger charge is 2.01. The number of carboxylic acid groups (broad SMARTS) is 1. The molecule has 2 N–H and O–H groups in total. The zero-order valence-electron chi connectivity index (χ0n) is 10.9. The van der Waals surface area contributed by atoms with E-state index in [1.165, 1.54) is 5.56 Å². The number of hydrogen-bond acceptors (Lipinski definition) is 2. The van der Waals surface area contributed by atoms with Crippen LogP contribution in [0.3, 0.4) is 0 Å². The second-order valence-electron chi connectivity index (χ2n) is 4.41. The van der Waals surface area contributed by atoms with Gasteiger partial charge < -0.3 is 10.4 Å². The van der Waals surface area contributed by atoms with Gasteiger partial charge in [0, 0.05) is 12.2 Å². The summed E-state index contributed by atoms with van der Waals surface area (Å²) >= 11 is 0. The van der Waals surface area contributed by atoms with E-state index in [0.29, 0.717) is 12.1 Å². The van der Waals surface area contributed by atoms with Gasteiger partial charge in [0.1, 0.15) is 0 Å². The molecule has 0 aliphatic rings. The van der Waals surface area contributed by atoms with E-state index in [1.54, 1.807) is 12.1 Å². The summed E-state index contributed by atoms with van der Waals surface area (Å²) in [7, 11) is 0. The van der Waals surface area contributed by atoms with Gasteiger partial charge in [0.15, 0.2) is 0 Å². The monoisotopic (exact) mass is 255 g/mol. The fourth-order valence-electron chi connectivity index (χ4n) is 1.87. The summed E-state index contributed by atoms with van der Waals surface area (Å²) in [6, 6.07) is 15.2. The van der Waals surface area contributed by atoms with Crippen molar-refractivity contribution in [2.75, 3.05) is 5.32 Å². The average molecular weight is 255 g/mol. The van der Waals surface area contributed by atoms with Gasteiger partial charge in [-0.05, 0) is 41.8 Å². The van der Waals surface area contributed by atoms with Crippen LogP contribution < -0.4 is 5.32 Å². The molecule has 0 unspecified atom stereocenters. The highest BCUT2D eigenvalue weighted by atomic mass is 16.4. The van der Waals surface area contributed by atoms with Gasteiger partial charge in [-0.1, -0.05) is 31.2 Å². The molecule has 0 radical (unpaired) electrons. The number of carbonyl (C=O) groups is 1. The van der Waals surface area contributed by atoms with Gasteiger partial charge in [0.2, 0.25) is 0 Å². The molecule has 19 heavy (non-hydrogen) atoms. The number of aryl methyl sites for hydroxylation is 1. The molecule has 0 saturated heterocycles. The van der Waals surface area contributed by atoms with Crippen LogP contribution in [0.25, 0.3) is 0 Å². The topological polar surface area (TPSA) is 49.3 Å². The van der Waals surface area contributed by atoms with Crippen molar-refractivity contribution in [3.8, 4) is 0 Å². The van der Waals surface area contributed by atoms with Gasteiger partial charge in [0.25, 0.3) is 0 Å². The van der Waals surface area contributed by atoms with Gasteiger partial charge in [-0.3, -0.25) is 0 Å². The summed E-state index contributed by atoms with van der Waals surface area (Å²) in [5.41, 5.74) is 3.76. The van der Waals surface area contributed by atoms with Crippen molar-refractivity contribution in [3.05, 3.63) is 65.2 Å². The Labute approximate surface area is 112 Å². The quantitative estimate of drug-likeness (QED) is 0.858. The van der Waals surface area contributed by atoms with Gasteiger partial charge in [-0.2, -0.15) is 0 Å². The largest absolute Gasteiger partial charge is 0.478 e. The van der Waals surface area contributed by atoms with Crippen LogP contribution in [-0.4, -0.2) is 11.1 Å². The van der Waals surface area contributed by atoms with Crippen LogP contribution in [-0.2, 0) is 13.0 Å². The maximum absolute atomic E-state index is 10.7. The van der Waals surface area contributed by atoms with Crippen molar-refractivity contribution in [2.45, 2.75) is 19.9 Å². The first-order valence-corrected chi connectivity index (χ1v) is 6.34. The SMILES string of the molecule is CCc1cccc(NCc2ccc(C(=O)O)cc2)c1. The molecule has 0 aromatic heterocycles. The number of nitrogens with one attached hydrogen (secondary N) is 1. The number of rotatable bonds is 5. The molecular formula is C16H17NO2. The van der Waals surface area contributed by atoms with Gasteiger partial charge in [-0.25, -0.2) is 4.79 Å². The highest BCUT2D eigenvalue weighted by Crippen LogP contribution is 2.13. The van der Waals surface area contributed by atoms with Gasteiger partial charge in [0.05, 0.1) is 5.56 Å². The lowest BCUT2D eigenvalue weighted by Gasteiger charge is -2.08. The molecule has 0 aliphatic heterocycles. The molecule has 0 atom stereocenters. The van der Waals surface area contributed by atoms with Crippen molar-refractivity contribution in [2.24, 2.45) is 0 Å². The lowest BCUT2D eigenvalue weighted by molar-refractivity contribution is 0.0697. The van der Waals surface area contributed by atoms with Crippen molar-refractivity contribution in [1.29, 1.82) is 0 Å². The molecule has 3 heteroatoms. The van der Waals surface area contributed by atoms with E-state index in [4.69, 9.17) is 5.11 Å². The molecule has 0 bridgehead atoms. The first-order valence-electron chi connectivity index (χ1n) is 6.34. The highest BCUT2D eigenvalue weighted by molar-refractivity contribution is 5.87. The Morgan fingerprint density at radius 1 is 1.11 bits per heavy atom. The van der Waals surface area contributed by atoms with Crippen molar-refractivity contribution in [1.82, 2.24) is 0 Å². The van der Waals surface area contributed by atoms with Crippen molar-refractivity contribution >= 4 is 11.7 Å². The fourth-order valence-corrected chi connectivity index (χ4v) is 1.87. The molecule has 0 saturated carbocycles. The Morgan fingerprint density at radius 2 is 1.84 bits per heavy atom. The summed E-state index contributed by atoms with van der Waals surface area (Å²) < 4.78 is 0. The third-order valence-electron chi connectivity index (χ3n) is 3.03. The number of hydrogen-bond donors (Lipinski definition) is 2. The molecule has 2 aromatic carbocycles. The Morgan fingerprint density at radius 3 is 2.47 bits per heavy atom. The van der Waals surface area contributed by atoms with E-state index in [-0.39, 0.29) is 0 Å². The Kier molecular flexibility index (Phi) is 4.18. The lowest BCUT2D eigenvalue weighted by Crippen LogP contribution is -2.01. The second kappa shape index (κ2) is 6.05. The molecule has 0 spiro atoms. The standard InChI is InChI=1S/C16H17NO2/c1-2-12-4-3-5-15(10-12)17-11-13-6-8-14(9-7-13)16(18)19/h3-10,17H,2,11H2,1H3,(H,18,19). The van der Waals surface area contributed by atoms with Crippen LogP contribution in [0.4, 0.5) is 5.69 Å². The molecule has 98 valence electrons. The van der Waals surface area contributed by atoms with Crippen LogP contribution >= 0.6 is 0 Å². The second-order valence-corrected chi connectivity index (χ2v) is 4.41. The minimum absolute atomic E-state index is 0.316. The molecule has 0 fully saturated rings. The van der Waals surface area contributed by atoms with Crippen LogP contribution in [0, 0.1) is 0 Å². The number of benzene rings is 2. The van der Waals surface area contributed by atoms with E-state index in [9.17, 15) is 4.79 Å². The summed E-state index contributed by atoms with van der Waals surface area (Å²) in [4.78, 5) is 10.7. The van der Waals surface area contributed by atoms with E-state index >= 15 is 0 Å². The fraction of sp³-hybridized carbons (Fsp3) is 0.188. The lowest BCUT2D eigenvalue weighted by atomic mass is 10.1. The van der Waals surface area contributed by atoms with Crippen LogP contribution in [0.15, 0.2) is 48.5 Å². The molecule has 0 heterocycles. The Hall–Kier alpha value is -2.29. The van der Waals surface area contributed by atoms with Crippen molar-refractivity contribution < 1.29 is 9.90 Å². The number of carboxylic acids is 1. The van der Waals surface area contributed by atoms with E-state index < -0.39 is 5.97 Å². The zero-order chi connectivity index (χ0) is 13.7.